The van der Waals surface area contributed by atoms with Gasteiger partial charge in [-0.3, -0.25) is 9.59 Å². The Bertz CT molecular complexity index is 573. The highest BCUT2D eigenvalue weighted by Crippen LogP contribution is 2.25. The second-order valence-electron chi connectivity index (χ2n) is 6.80. The van der Waals surface area contributed by atoms with Gasteiger partial charge in [0.05, 0.1) is 12.5 Å². The number of aryl methyl sites for hydroxylation is 2. The Hall–Kier alpha value is -1.92. The van der Waals surface area contributed by atoms with Crippen molar-refractivity contribution < 1.29 is 9.59 Å². The molecule has 0 aromatic carbocycles. The number of carbonyl (C=O) groups is 2. The number of aromatic nitrogens is 3. The second-order valence-corrected chi connectivity index (χ2v) is 6.80. The summed E-state index contributed by atoms with van der Waals surface area (Å²) in [6.45, 7) is 11.3. The molecule has 1 saturated heterocycles. The number of likely N-dealkylation sites (tertiary alicyclic amines) is 1. The van der Waals surface area contributed by atoms with Crippen LogP contribution in [0, 0.1) is 19.8 Å². The van der Waals surface area contributed by atoms with Gasteiger partial charge in [-0.1, -0.05) is 0 Å². The highest BCUT2D eigenvalue weighted by molar-refractivity contribution is 5.89. The predicted molar refractivity (Wildman–Crippen MR) is 82.1 cm³/mol. The number of hydrogen-bond donors (Lipinski definition) is 1. The van der Waals surface area contributed by atoms with Crippen molar-refractivity contribution in [2.45, 2.75) is 53.1 Å². The maximum Gasteiger partial charge on any atom is 0.225 e. The van der Waals surface area contributed by atoms with Gasteiger partial charge in [0.1, 0.15) is 11.6 Å². The number of nitrogens with zero attached hydrogens (tertiary/aromatic N) is 4. The van der Waals surface area contributed by atoms with Crippen molar-refractivity contribution >= 4 is 11.8 Å². The van der Waals surface area contributed by atoms with Crippen LogP contribution in [0.5, 0.6) is 0 Å². The zero-order valence-corrected chi connectivity index (χ0v) is 14.0. The molecule has 22 heavy (non-hydrogen) atoms. The summed E-state index contributed by atoms with van der Waals surface area (Å²) >= 11 is 0. The molecule has 1 aliphatic rings. The van der Waals surface area contributed by atoms with Crippen molar-refractivity contribution in [3.8, 4) is 0 Å². The standard InChI is InChI=1S/C15H25N5O2/c1-10-17-11(2)20(18-10)7-6-16-14(22)12-8-13(21)19(9-12)15(3,4)5/h12H,6-9H2,1-5H3,(H,16,22)/t12-/m1/s1. The van der Waals surface area contributed by atoms with E-state index in [4.69, 9.17) is 0 Å². The molecule has 7 heteroatoms. The minimum atomic E-state index is -0.259. The van der Waals surface area contributed by atoms with Crippen molar-refractivity contribution in [1.82, 2.24) is 25.0 Å². The molecule has 7 nitrogen and oxygen atoms in total. The van der Waals surface area contributed by atoms with E-state index in [-0.39, 0.29) is 23.3 Å². The maximum atomic E-state index is 12.2. The molecule has 1 N–H and O–H groups in total. The van der Waals surface area contributed by atoms with Crippen molar-refractivity contribution in [2.75, 3.05) is 13.1 Å². The molecule has 1 aliphatic heterocycles. The molecule has 0 aliphatic carbocycles. The Morgan fingerprint density at radius 3 is 2.55 bits per heavy atom. The molecule has 122 valence electrons. The first-order valence-corrected chi connectivity index (χ1v) is 7.64. The fourth-order valence-electron chi connectivity index (χ4n) is 2.73. The van der Waals surface area contributed by atoms with Crippen LogP contribution in [0.2, 0.25) is 0 Å². The summed E-state index contributed by atoms with van der Waals surface area (Å²) in [5.74, 6) is 1.29. The lowest BCUT2D eigenvalue weighted by Gasteiger charge is -2.31. The van der Waals surface area contributed by atoms with Crippen LogP contribution in [0.25, 0.3) is 0 Å². The first-order valence-electron chi connectivity index (χ1n) is 7.64. The summed E-state index contributed by atoms with van der Waals surface area (Å²) in [5.41, 5.74) is -0.235. The average molecular weight is 307 g/mol. The van der Waals surface area contributed by atoms with Crippen LogP contribution in [0.4, 0.5) is 0 Å². The largest absolute Gasteiger partial charge is 0.354 e. The van der Waals surface area contributed by atoms with Gasteiger partial charge in [-0.25, -0.2) is 9.67 Å². The summed E-state index contributed by atoms with van der Waals surface area (Å²) in [7, 11) is 0. The number of carbonyl (C=O) groups excluding carboxylic acids is 2. The average Bonchev–Trinajstić information content (AvgIpc) is 2.92. The summed E-state index contributed by atoms with van der Waals surface area (Å²) in [6, 6.07) is 0. The normalized spacial score (nSPS) is 18.9. The van der Waals surface area contributed by atoms with E-state index in [1.807, 2.05) is 34.6 Å². The summed E-state index contributed by atoms with van der Waals surface area (Å²) in [4.78, 5) is 30.2. The van der Waals surface area contributed by atoms with Gasteiger partial charge in [0.2, 0.25) is 11.8 Å². The van der Waals surface area contributed by atoms with E-state index in [1.54, 1.807) is 9.58 Å². The molecule has 0 saturated carbocycles. The summed E-state index contributed by atoms with van der Waals surface area (Å²) in [6.07, 6.45) is 0.296. The Labute approximate surface area is 131 Å². The lowest BCUT2D eigenvalue weighted by atomic mass is 10.1. The van der Waals surface area contributed by atoms with E-state index in [2.05, 4.69) is 15.4 Å². The third kappa shape index (κ3) is 3.64. The molecule has 1 aromatic rings. The Kier molecular flexibility index (Phi) is 4.53. The van der Waals surface area contributed by atoms with E-state index in [1.165, 1.54) is 0 Å². The molecule has 2 rings (SSSR count). The molecule has 0 bridgehead atoms. The Morgan fingerprint density at radius 2 is 2.05 bits per heavy atom. The van der Waals surface area contributed by atoms with Crippen LogP contribution in [0.15, 0.2) is 0 Å². The van der Waals surface area contributed by atoms with Gasteiger partial charge in [-0.2, -0.15) is 5.10 Å². The topological polar surface area (TPSA) is 80.1 Å². The number of amides is 2. The monoisotopic (exact) mass is 307 g/mol. The predicted octanol–water partition coefficient (Wildman–Crippen LogP) is 0.658. The molecule has 1 fully saturated rings. The molecule has 1 aromatic heterocycles. The van der Waals surface area contributed by atoms with Gasteiger partial charge < -0.3 is 10.2 Å². The summed E-state index contributed by atoms with van der Waals surface area (Å²) in [5, 5.41) is 7.15. The number of nitrogens with one attached hydrogen (secondary N) is 1. The third-order valence-corrected chi connectivity index (χ3v) is 3.89. The van der Waals surface area contributed by atoms with Gasteiger partial charge in [-0.05, 0) is 34.6 Å². The van der Waals surface area contributed by atoms with Crippen LogP contribution in [-0.2, 0) is 16.1 Å². The Morgan fingerprint density at radius 1 is 1.36 bits per heavy atom. The highest BCUT2D eigenvalue weighted by Gasteiger charge is 2.39. The van der Waals surface area contributed by atoms with Crippen LogP contribution >= 0.6 is 0 Å². The van der Waals surface area contributed by atoms with Crippen molar-refractivity contribution in [1.29, 1.82) is 0 Å². The van der Waals surface area contributed by atoms with E-state index >= 15 is 0 Å². The van der Waals surface area contributed by atoms with Crippen LogP contribution in [-0.4, -0.2) is 50.1 Å². The molecule has 0 spiro atoms. The van der Waals surface area contributed by atoms with Gasteiger partial charge in [0.25, 0.3) is 0 Å². The molecule has 1 atom stereocenters. The Balaban J connectivity index is 1.83. The second kappa shape index (κ2) is 6.06. The van der Waals surface area contributed by atoms with Crippen molar-refractivity contribution in [3.05, 3.63) is 11.6 Å². The SMILES string of the molecule is Cc1nc(C)n(CCNC(=O)[C@@H]2CC(=O)N(C(C)(C)C)C2)n1. The van der Waals surface area contributed by atoms with E-state index < -0.39 is 0 Å². The fourth-order valence-corrected chi connectivity index (χ4v) is 2.73. The lowest BCUT2D eigenvalue weighted by Crippen LogP contribution is -2.43. The first-order chi connectivity index (χ1) is 10.2. The highest BCUT2D eigenvalue weighted by atomic mass is 16.2. The maximum absolute atomic E-state index is 12.2. The number of hydrogen-bond acceptors (Lipinski definition) is 4. The molecule has 2 amide bonds. The van der Waals surface area contributed by atoms with E-state index in [9.17, 15) is 9.59 Å². The van der Waals surface area contributed by atoms with Crippen LogP contribution < -0.4 is 5.32 Å². The smallest absolute Gasteiger partial charge is 0.225 e. The number of rotatable bonds is 4. The molecule has 2 heterocycles. The van der Waals surface area contributed by atoms with Gasteiger partial charge in [-0.15, -0.1) is 0 Å². The zero-order valence-electron chi connectivity index (χ0n) is 14.0. The first kappa shape index (κ1) is 16.5. The molecular weight excluding hydrogens is 282 g/mol. The van der Waals surface area contributed by atoms with Gasteiger partial charge >= 0.3 is 0 Å². The minimum Gasteiger partial charge on any atom is -0.354 e. The zero-order chi connectivity index (χ0) is 16.5. The van der Waals surface area contributed by atoms with Gasteiger partial charge in [0.15, 0.2) is 0 Å². The molecule has 0 radical (unpaired) electrons. The minimum absolute atomic E-state index is 0.0513. The van der Waals surface area contributed by atoms with E-state index in [0.29, 0.717) is 26.1 Å². The molecule has 0 unspecified atom stereocenters. The van der Waals surface area contributed by atoms with Crippen LogP contribution in [0.1, 0.15) is 38.8 Å². The fraction of sp³-hybridized carbons (Fsp3) is 0.733. The lowest BCUT2D eigenvalue weighted by molar-refractivity contribution is -0.132. The quantitative estimate of drug-likeness (QED) is 0.886. The molecular formula is C15H25N5O2. The van der Waals surface area contributed by atoms with Crippen LogP contribution in [0.3, 0.4) is 0 Å². The van der Waals surface area contributed by atoms with Crippen molar-refractivity contribution in [3.63, 3.8) is 0 Å². The third-order valence-electron chi connectivity index (χ3n) is 3.89. The van der Waals surface area contributed by atoms with Crippen molar-refractivity contribution in [2.24, 2.45) is 5.92 Å². The van der Waals surface area contributed by atoms with E-state index in [0.717, 1.165) is 11.6 Å². The van der Waals surface area contributed by atoms with Gasteiger partial charge in [0, 0.05) is 25.0 Å². The summed E-state index contributed by atoms with van der Waals surface area (Å²) < 4.78 is 1.77.